The molecule has 0 radical (unpaired) electrons. The molecule has 0 bridgehead atoms. The summed E-state index contributed by atoms with van der Waals surface area (Å²) in [7, 11) is 0. The van der Waals surface area contributed by atoms with Gasteiger partial charge >= 0.3 is 0 Å². The third kappa shape index (κ3) is 3.86. The maximum Gasteiger partial charge on any atom is 0.0904 e. The molecule has 0 aliphatic carbocycles. The van der Waals surface area contributed by atoms with Gasteiger partial charge in [-0.3, -0.25) is 0 Å². The summed E-state index contributed by atoms with van der Waals surface area (Å²) in [6.07, 6.45) is -2.03. The molecule has 0 aromatic carbocycles. The lowest BCUT2D eigenvalue weighted by atomic mass is 10.1. The SMILES string of the molecule is OC(CCl)C(Cl)C(O)C(Cl)CCl. The fourth-order valence-corrected chi connectivity index (χ4v) is 1.57. The van der Waals surface area contributed by atoms with Crippen molar-refractivity contribution in [1.29, 1.82) is 0 Å². The van der Waals surface area contributed by atoms with E-state index >= 15 is 0 Å². The van der Waals surface area contributed by atoms with E-state index in [1.807, 2.05) is 0 Å². The molecule has 12 heavy (non-hydrogen) atoms. The van der Waals surface area contributed by atoms with E-state index in [1.54, 1.807) is 0 Å². The highest BCUT2D eigenvalue weighted by Crippen LogP contribution is 2.17. The van der Waals surface area contributed by atoms with E-state index in [9.17, 15) is 5.11 Å². The summed E-state index contributed by atoms with van der Waals surface area (Å²) in [5.41, 5.74) is 0. The highest BCUT2D eigenvalue weighted by atomic mass is 35.5. The number of aliphatic hydroxyl groups is 2. The summed E-state index contributed by atoms with van der Waals surface area (Å²) in [6.45, 7) is 0. The summed E-state index contributed by atoms with van der Waals surface area (Å²) in [6, 6.07) is 0. The van der Waals surface area contributed by atoms with Crippen LogP contribution in [-0.2, 0) is 0 Å². The Morgan fingerprint density at radius 2 is 1.50 bits per heavy atom. The molecule has 0 fully saturated rings. The van der Waals surface area contributed by atoms with Gasteiger partial charge in [0.2, 0.25) is 0 Å². The topological polar surface area (TPSA) is 40.5 Å². The predicted molar refractivity (Wildman–Crippen MR) is 52.7 cm³/mol. The Morgan fingerprint density at radius 3 is 1.83 bits per heavy atom. The third-order valence-electron chi connectivity index (χ3n) is 1.37. The smallest absolute Gasteiger partial charge is 0.0904 e. The Morgan fingerprint density at radius 1 is 1.00 bits per heavy atom. The van der Waals surface area contributed by atoms with Crippen LogP contribution >= 0.6 is 46.4 Å². The molecule has 0 aliphatic heterocycles. The van der Waals surface area contributed by atoms with Gasteiger partial charge in [0, 0.05) is 11.8 Å². The van der Waals surface area contributed by atoms with Crippen LogP contribution in [0, 0.1) is 0 Å². The first-order valence-corrected chi connectivity index (χ1v) is 5.25. The molecular weight excluding hydrogens is 246 g/mol. The summed E-state index contributed by atoms with van der Waals surface area (Å²) in [4.78, 5) is 0. The van der Waals surface area contributed by atoms with Crippen LogP contribution in [0.4, 0.5) is 0 Å². The monoisotopic (exact) mass is 254 g/mol. The van der Waals surface area contributed by atoms with Gasteiger partial charge < -0.3 is 10.2 Å². The summed E-state index contributed by atoms with van der Waals surface area (Å²) >= 11 is 21.9. The fourth-order valence-electron chi connectivity index (χ4n) is 0.603. The van der Waals surface area contributed by atoms with Gasteiger partial charge in [0.1, 0.15) is 0 Å². The van der Waals surface area contributed by atoms with E-state index in [-0.39, 0.29) is 11.8 Å². The largest absolute Gasteiger partial charge is 0.390 e. The average molecular weight is 256 g/mol. The number of rotatable bonds is 5. The van der Waals surface area contributed by atoms with E-state index < -0.39 is 23.0 Å². The molecule has 0 aliphatic rings. The van der Waals surface area contributed by atoms with Gasteiger partial charge in [0.15, 0.2) is 0 Å². The maximum atomic E-state index is 9.32. The van der Waals surface area contributed by atoms with Crippen LogP contribution in [-0.4, -0.2) is 44.9 Å². The second-order valence-electron chi connectivity index (χ2n) is 2.33. The molecule has 0 saturated heterocycles. The lowest BCUT2D eigenvalue weighted by Gasteiger charge is -2.23. The molecule has 0 heterocycles. The van der Waals surface area contributed by atoms with Crippen molar-refractivity contribution in [2.75, 3.05) is 11.8 Å². The fraction of sp³-hybridized carbons (Fsp3) is 1.00. The van der Waals surface area contributed by atoms with Gasteiger partial charge in [0.05, 0.1) is 23.0 Å². The number of hydrogen-bond donors (Lipinski definition) is 2. The third-order valence-corrected chi connectivity index (χ3v) is 3.14. The minimum Gasteiger partial charge on any atom is -0.390 e. The van der Waals surface area contributed by atoms with Crippen LogP contribution in [0.2, 0.25) is 0 Å². The van der Waals surface area contributed by atoms with Crippen LogP contribution in [0.5, 0.6) is 0 Å². The zero-order chi connectivity index (χ0) is 9.72. The van der Waals surface area contributed by atoms with Crippen molar-refractivity contribution in [2.24, 2.45) is 0 Å². The van der Waals surface area contributed by atoms with E-state index in [2.05, 4.69) is 0 Å². The quantitative estimate of drug-likeness (QED) is 0.730. The van der Waals surface area contributed by atoms with Crippen LogP contribution in [0.3, 0.4) is 0 Å². The minimum absolute atomic E-state index is 0.0445. The van der Waals surface area contributed by atoms with Gasteiger partial charge in [-0.2, -0.15) is 0 Å². The van der Waals surface area contributed by atoms with Crippen molar-refractivity contribution in [3.63, 3.8) is 0 Å². The van der Waals surface area contributed by atoms with E-state index in [0.717, 1.165) is 0 Å². The van der Waals surface area contributed by atoms with E-state index in [4.69, 9.17) is 51.5 Å². The van der Waals surface area contributed by atoms with Crippen LogP contribution in [0.15, 0.2) is 0 Å². The first-order valence-electron chi connectivity index (χ1n) is 3.30. The number of aliphatic hydroxyl groups excluding tert-OH is 2. The van der Waals surface area contributed by atoms with Gasteiger partial charge in [-0.15, -0.1) is 46.4 Å². The van der Waals surface area contributed by atoms with Crippen molar-refractivity contribution < 1.29 is 10.2 Å². The molecule has 0 aromatic rings. The Kier molecular flexibility index (Phi) is 7.11. The Hall–Kier alpha value is 1.08. The molecule has 0 amide bonds. The van der Waals surface area contributed by atoms with Crippen molar-refractivity contribution in [3.05, 3.63) is 0 Å². The molecule has 0 saturated carbocycles. The standard InChI is InChI=1S/C6H10Cl4O2/c7-1-3(9)6(12)5(10)4(11)2-8/h3-6,11-12H,1-2H2. The van der Waals surface area contributed by atoms with Crippen LogP contribution in [0.1, 0.15) is 0 Å². The summed E-state index contributed by atoms with van der Waals surface area (Å²) in [5, 5.41) is 16.9. The van der Waals surface area contributed by atoms with Crippen molar-refractivity contribution in [2.45, 2.75) is 23.0 Å². The normalized spacial score (nSPS) is 21.5. The molecule has 4 atom stereocenters. The van der Waals surface area contributed by atoms with E-state index in [0.29, 0.717) is 0 Å². The zero-order valence-electron chi connectivity index (χ0n) is 6.13. The van der Waals surface area contributed by atoms with Crippen LogP contribution in [0.25, 0.3) is 0 Å². The highest BCUT2D eigenvalue weighted by Gasteiger charge is 2.29. The lowest BCUT2D eigenvalue weighted by Crippen LogP contribution is -2.40. The van der Waals surface area contributed by atoms with Gasteiger partial charge in [-0.1, -0.05) is 0 Å². The highest BCUT2D eigenvalue weighted by molar-refractivity contribution is 6.29. The average Bonchev–Trinajstić information content (AvgIpc) is 2.12. The summed E-state index contributed by atoms with van der Waals surface area (Å²) < 4.78 is 0. The Labute approximate surface area is 91.4 Å². The molecule has 0 rings (SSSR count). The molecule has 2 nitrogen and oxygen atoms in total. The number of halogens is 4. The van der Waals surface area contributed by atoms with Gasteiger partial charge in [-0.25, -0.2) is 0 Å². The van der Waals surface area contributed by atoms with Crippen molar-refractivity contribution in [3.8, 4) is 0 Å². The van der Waals surface area contributed by atoms with Crippen LogP contribution < -0.4 is 0 Å². The lowest BCUT2D eigenvalue weighted by molar-refractivity contribution is 0.0978. The maximum absolute atomic E-state index is 9.32. The molecule has 4 unspecified atom stereocenters. The number of hydrogen-bond acceptors (Lipinski definition) is 2. The first kappa shape index (κ1) is 13.1. The van der Waals surface area contributed by atoms with Gasteiger partial charge in [0.25, 0.3) is 0 Å². The Bertz CT molecular complexity index is 110. The molecule has 2 N–H and O–H groups in total. The van der Waals surface area contributed by atoms with Crippen molar-refractivity contribution >= 4 is 46.4 Å². The molecular formula is C6H10Cl4O2. The second kappa shape index (κ2) is 6.52. The second-order valence-corrected chi connectivity index (χ2v) is 4.01. The predicted octanol–water partition coefficient (Wildman–Crippen LogP) is 1.40. The number of alkyl halides is 4. The van der Waals surface area contributed by atoms with E-state index in [1.165, 1.54) is 0 Å². The Balaban J connectivity index is 3.99. The van der Waals surface area contributed by atoms with Gasteiger partial charge in [-0.05, 0) is 0 Å². The first-order chi connectivity index (χ1) is 5.54. The molecule has 6 heteroatoms. The molecule has 0 spiro atoms. The summed E-state index contributed by atoms with van der Waals surface area (Å²) in [5.74, 6) is 0.0259. The molecule has 0 aromatic heterocycles. The van der Waals surface area contributed by atoms with Crippen molar-refractivity contribution in [1.82, 2.24) is 0 Å². The molecule has 74 valence electrons. The zero-order valence-corrected chi connectivity index (χ0v) is 9.15. The minimum atomic E-state index is -1.06.